The van der Waals surface area contributed by atoms with Crippen molar-refractivity contribution in [3.05, 3.63) is 52.3 Å². The van der Waals surface area contributed by atoms with E-state index in [4.69, 9.17) is 0 Å². The molecule has 9 heteroatoms. The zero-order valence-electron chi connectivity index (χ0n) is 16.3. The van der Waals surface area contributed by atoms with Crippen molar-refractivity contribution in [2.45, 2.75) is 39.2 Å². The van der Waals surface area contributed by atoms with Crippen molar-refractivity contribution in [1.82, 2.24) is 19.2 Å². The standard InChI is InChI=1S/C20H23FN6O2/c1-14-6-7-15(21)12-16(14)22-18(28)13-27-20(29)26-11-8-17(23-19(26)24-27)25-9-4-2-3-5-10-25/h6-8,11-12H,2-5,9-10,13H2,1H3,(H,22,28). The van der Waals surface area contributed by atoms with Crippen LogP contribution in [-0.2, 0) is 11.3 Å². The summed E-state index contributed by atoms with van der Waals surface area (Å²) in [6.45, 7) is 3.35. The molecule has 4 rings (SSSR count). The Hall–Kier alpha value is -3.23. The fourth-order valence-electron chi connectivity index (χ4n) is 3.53. The van der Waals surface area contributed by atoms with Crippen molar-refractivity contribution in [3.63, 3.8) is 0 Å². The van der Waals surface area contributed by atoms with Gasteiger partial charge < -0.3 is 10.2 Å². The van der Waals surface area contributed by atoms with Crippen LogP contribution in [0.25, 0.3) is 5.78 Å². The molecule has 1 aliphatic heterocycles. The van der Waals surface area contributed by atoms with E-state index >= 15 is 0 Å². The third-order valence-electron chi connectivity index (χ3n) is 5.14. The average molecular weight is 398 g/mol. The van der Waals surface area contributed by atoms with Gasteiger partial charge in [-0.2, -0.15) is 4.98 Å². The Bertz CT molecular complexity index is 1100. The third-order valence-corrected chi connectivity index (χ3v) is 5.14. The van der Waals surface area contributed by atoms with Gasteiger partial charge >= 0.3 is 5.69 Å². The zero-order valence-corrected chi connectivity index (χ0v) is 16.3. The summed E-state index contributed by atoms with van der Waals surface area (Å²) < 4.78 is 15.8. The number of benzene rings is 1. The van der Waals surface area contributed by atoms with E-state index in [0.29, 0.717) is 5.69 Å². The van der Waals surface area contributed by atoms with Gasteiger partial charge in [0, 0.05) is 25.0 Å². The highest BCUT2D eigenvalue weighted by Crippen LogP contribution is 2.18. The maximum absolute atomic E-state index is 13.4. The van der Waals surface area contributed by atoms with Gasteiger partial charge in [-0.1, -0.05) is 18.9 Å². The van der Waals surface area contributed by atoms with E-state index in [1.165, 1.54) is 29.4 Å². The number of hydrogen-bond acceptors (Lipinski definition) is 5. The number of halogens is 1. The highest BCUT2D eigenvalue weighted by Gasteiger charge is 2.16. The van der Waals surface area contributed by atoms with Gasteiger partial charge in [0.25, 0.3) is 5.78 Å². The summed E-state index contributed by atoms with van der Waals surface area (Å²) in [6, 6.07) is 5.96. The van der Waals surface area contributed by atoms with Crippen LogP contribution in [0, 0.1) is 12.7 Å². The second-order valence-corrected chi connectivity index (χ2v) is 7.30. The molecule has 2 aromatic heterocycles. The van der Waals surface area contributed by atoms with E-state index in [0.717, 1.165) is 42.0 Å². The second kappa shape index (κ2) is 8.02. The molecule has 1 N–H and O–H groups in total. The largest absolute Gasteiger partial charge is 0.356 e. The molecular weight excluding hydrogens is 375 g/mol. The molecule has 0 aliphatic carbocycles. The maximum Gasteiger partial charge on any atom is 0.352 e. The Kier molecular flexibility index (Phi) is 5.28. The fraction of sp³-hybridized carbons (Fsp3) is 0.400. The minimum absolute atomic E-state index is 0.256. The second-order valence-electron chi connectivity index (χ2n) is 7.30. The average Bonchev–Trinajstić information content (AvgIpc) is 2.88. The third kappa shape index (κ3) is 4.13. The molecule has 3 heterocycles. The molecule has 0 bridgehead atoms. The van der Waals surface area contributed by atoms with Gasteiger partial charge in [0.15, 0.2) is 0 Å². The summed E-state index contributed by atoms with van der Waals surface area (Å²) in [5.74, 6) is 0.140. The number of nitrogens with zero attached hydrogens (tertiary/aromatic N) is 5. The van der Waals surface area contributed by atoms with E-state index in [1.54, 1.807) is 19.2 Å². The number of carbonyl (C=O) groups excluding carboxylic acids is 1. The van der Waals surface area contributed by atoms with Crippen LogP contribution >= 0.6 is 0 Å². The van der Waals surface area contributed by atoms with Gasteiger partial charge in [-0.25, -0.2) is 18.3 Å². The highest BCUT2D eigenvalue weighted by atomic mass is 19.1. The summed E-state index contributed by atoms with van der Waals surface area (Å²) in [7, 11) is 0. The molecular formula is C20H23FN6O2. The van der Waals surface area contributed by atoms with Crippen LogP contribution in [0.5, 0.6) is 0 Å². The van der Waals surface area contributed by atoms with E-state index in [-0.39, 0.29) is 12.3 Å². The maximum atomic E-state index is 13.4. The van der Waals surface area contributed by atoms with E-state index in [9.17, 15) is 14.0 Å². The normalized spacial score (nSPS) is 14.8. The smallest absolute Gasteiger partial charge is 0.352 e. The predicted molar refractivity (Wildman–Crippen MR) is 108 cm³/mol. The van der Waals surface area contributed by atoms with Crippen LogP contribution in [-0.4, -0.2) is 38.2 Å². The number of fused-ring (bicyclic) bond motifs is 1. The molecule has 1 amide bonds. The Morgan fingerprint density at radius 1 is 1.17 bits per heavy atom. The van der Waals surface area contributed by atoms with E-state index in [2.05, 4.69) is 20.3 Å². The van der Waals surface area contributed by atoms with Crippen molar-refractivity contribution >= 4 is 23.2 Å². The van der Waals surface area contributed by atoms with Gasteiger partial charge in [-0.15, -0.1) is 5.10 Å². The van der Waals surface area contributed by atoms with Crippen molar-refractivity contribution < 1.29 is 9.18 Å². The zero-order chi connectivity index (χ0) is 20.4. The molecule has 29 heavy (non-hydrogen) atoms. The van der Waals surface area contributed by atoms with E-state index < -0.39 is 17.4 Å². The highest BCUT2D eigenvalue weighted by molar-refractivity contribution is 5.91. The van der Waals surface area contributed by atoms with Crippen LogP contribution in [0.2, 0.25) is 0 Å². The molecule has 1 saturated heterocycles. The van der Waals surface area contributed by atoms with Crippen molar-refractivity contribution in [3.8, 4) is 0 Å². The molecule has 1 aromatic carbocycles. The molecule has 0 radical (unpaired) electrons. The van der Waals surface area contributed by atoms with Crippen LogP contribution in [0.4, 0.5) is 15.9 Å². The number of hydrogen-bond donors (Lipinski definition) is 1. The SMILES string of the molecule is Cc1ccc(F)cc1NC(=O)Cn1nc2nc(N3CCCCCC3)ccn2c1=O. The minimum Gasteiger partial charge on any atom is -0.356 e. The summed E-state index contributed by atoms with van der Waals surface area (Å²) in [5, 5.41) is 6.83. The number of anilines is 2. The molecule has 0 unspecified atom stereocenters. The molecule has 0 saturated carbocycles. The van der Waals surface area contributed by atoms with Crippen LogP contribution in [0.3, 0.4) is 0 Å². The lowest BCUT2D eigenvalue weighted by Gasteiger charge is -2.20. The van der Waals surface area contributed by atoms with Crippen LogP contribution in [0.1, 0.15) is 31.2 Å². The first-order chi connectivity index (χ1) is 14.0. The number of amides is 1. The van der Waals surface area contributed by atoms with Crippen LogP contribution < -0.4 is 15.9 Å². The lowest BCUT2D eigenvalue weighted by molar-refractivity contribution is -0.117. The Balaban J connectivity index is 1.54. The number of rotatable bonds is 4. The summed E-state index contributed by atoms with van der Waals surface area (Å²) in [6.07, 6.45) is 6.31. The quantitative estimate of drug-likeness (QED) is 0.729. The molecule has 1 aliphatic rings. The molecule has 0 spiro atoms. The molecule has 1 fully saturated rings. The fourth-order valence-corrected chi connectivity index (χ4v) is 3.53. The van der Waals surface area contributed by atoms with Crippen molar-refractivity contribution in [2.24, 2.45) is 0 Å². The summed E-state index contributed by atoms with van der Waals surface area (Å²) in [5.41, 5.74) is 0.653. The van der Waals surface area contributed by atoms with Gasteiger partial charge in [0.05, 0.1) is 0 Å². The monoisotopic (exact) mass is 398 g/mol. The first-order valence-electron chi connectivity index (χ1n) is 9.78. The van der Waals surface area contributed by atoms with Gasteiger partial charge in [0.2, 0.25) is 5.91 Å². The number of aromatic nitrogens is 4. The lowest BCUT2D eigenvalue weighted by Crippen LogP contribution is -2.28. The number of nitrogens with one attached hydrogen (secondary N) is 1. The Morgan fingerprint density at radius 3 is 2.69 bits per heavy atom. The summed E-state index contributed by atoms with van der Waals surface area (Å²) >= 11 is 0. The van der Waals surface area contributed by atoms with Crippen molar-refractivity contribution in [1.29, 1.82) is 0 Å². The van der Waals surface area contributed by atoms with E-state index in [1.807, 2.05) is 6.07 Å². The first kappa shape index (κ1) is 19.1. The van der Waals surface area contributed by atoms with Gasteiger partial charge in [-0.3, -0.25) is 4.79 Å². The lowest BCUT2D eigenvalue weighted by atomic mass is 10.2. The van der Waals surface area contributed by atoms with Gasteiger partial charge in [-0.05, 0) is 43.5 Å². The number of aryl methyl sites for hydroxylation is 1. The topological polar surface area (TPSA) is 84.5 Å². The Labute approximate surface area is 167 Å². The molecule has 3 aromatic rings. The Morgan fingerprint density at radius 2 is 1.93 bits per heavy atom. The predicted octanol–water partition coefficient (Wildman–Crippen LogP) is 2.36. The molecule has 152 valence electrons. The van der Waals surface area contributed by atoms with Gasteiger partial charge in [0.1, 0.15) is 18.2 Å². The first-order valence-corrected chi connectivity index (χ1v) is 9.78. The van der Waals surface area contributed by atoms with Crippen LogP contribution in [0.15, 0.2) is 35.3 Å². The van der Waals surface area contributed by atoms with Crippen molar-refractivity contribution in [2.75, 3.05) is 23.3 Å². The summed E-state index contributed by atoms with van der Waals surface area (Å²) in [4.78, 5) is 31.6. The minimum atomic E-state index is -0.461. The molecule has 8 nitrogen and oxygen atoms in total. The number of carbonyl (C=O) groups is 1. The molecule has 0 atom stereocenters.